The molecule has 0 fully saturated rings. The van der Waals surface area contributed by atoms with Crippen molar-refractivity contribution in [3.05, 3.63) is 22.9 Å². The highest BCUT2D eigenvalue weighted by Gasteiger charge is 2.23. The van der Waals surface area contributed by atoms with Gasteiger partial charge in [-0.15, -0.1) is 0 Å². The van der Waals surface area contributed by atoms with Crippen LogP contribution in [0.15, 0.2) is 16.5 Å². The maximum absolute atomic E-state index is 10.8. The van der Waals surface area contributed by atoms with E-state index in [2.05, 4.69) is 0 Å². The maximum atomic E-state index is 10.8. The molecule has 0 aliphatic carbocycles. The molecule has 5 nitrogen and oxygen atoms in total. The summed E-state index contributed by atoms with van der Waals surface area (Å²) in [7, 11) is 0. The summed E-state index contributed by atoms with van der Waals surface area (Å²) in [4.78, 5) is 10.8. The molecule has 0 saturated heterocycles. The van der Waals surface area contributed by atoms with Gasteiger partial charge in [0, 0.05) is 12.1 Å². The second-order valence-electron chi connectivity index (χ2n) is 3.25. The van der Waals surface area contributed by atoms with E-state index in [0.717, 1.165) is 0 Å². The fourth-order valence-corrected chi connectivity index (χ4v) is 1.87. The van der Waals surface area contributed by atoms with Gasteiger partial charge in [-0.25, -0.2) is 4.79 Å². The van der Waals surface area contributed by atoms with Gasteiger partial charge < -0.3 is 19.0 Å². The quantitative estimate of drug-likeness (QED) is 0.829. The molecule has 0 saturated carbocycles. The van der Waals surface area contributed by atoms with E-state index in [9.17, 15) is 4.79 Å². The first-order chi connectivity index (χ1) is 7.66. The molecule has 0 amide bonds. The number of ether oxygens (including phenoxy) is 2. The van der Waals surface area contributed by atoms with Crippen LogP contribution in [0.1, 0.15) is 10.6 Å². The van der Waals surface area contributed by atoms with Crippen LogP contribution in [-0.2, 0) is 0 Å². The molecule has 1 N–H and O–H groups in total. The minimum atomic E-state index is -1.15. The third-order valence-corrected chi connectivity index (χ3v) is 2.58. The monoisotopic (exact) mass is 240 g/mol. The van der Waals surface area contributed by atoms with Gasteiger partial charge in [-0.05, 0) is 0 Å². The molecule has 3 rings (SSSR count). The van der Waals surface area contributed by atoms with Gasteiger partial charge >= 0.3 is 5.97 Å². The first kappa shape index (κ1) is 9.35. The number of halogens is 1. The van der Waals surface area contributed by atoms with Gasteiger partial charge in [-0.2, -0.15) is 0 Å². The third kappa shape index (κ3) is 1.15. The highest BCUT2D eigenvalue weighted by Crippen LogP contribution is 2.44. The van der Waals surface area contributed by atoms with Crippen LogP contribution >= 0.6 is 11.6 Å². The van der Waals surface area contributed by atoms with Gasteiger partial charge in [0.15, 0.2) is 17.1 Å². The second kappa shape index (κ2) is 3.05. The molecular weight excluding hydrogens is 236 g/mol. The Hall–Kier alpha value is -1.88. The van der Waals surface area contributed by atoms with Crippen molar-refractivity contribution >= 4 is 28.5 Å². The Kier molecular flexibility index (Phi) is 1.79. The normalized spacial score (nSPS) is 13.3. The maximum Gasteiger partial charge on any atom is 0.371 e. The Labute approximate surface area is 94.1 Å². The van der Waals surface area contributed by atoms with Crippen molar-refractivity contribution < 1.29 is 23.8 Å². The Morgan fingerprint density at radius 1 is 1.38 bits per heavy atom. The largest absolute Gasteiger partial charge is 0.475 e. The van der Waals surface area contributed by atoms with Gasteiger partial charge in [-0.3, -0.25) is 0 Å². The Morgan fingerprint density at radius 2 is 2.19 bits per heavy atom. The van der Waals surface area contributed by atoms with Gasteiger partial charge in [0.1, 0.15) is 0 Å². The van der Waals surface area contributed by atoms with Crippen LogP contribution < -0.4 is 9.47 Å². The summed E-state index contributed by atoms with van der Waals surface area (Å²) in [5, 5.41) is 9.63. The van der Waals surface area contributed by atoms with Crippen LogP contribution in [0.3, 0.4) is 0 Å². The van der Waals surface area contributed by atoms with E-state index in [-0.39, 0.29) is 12.6 Å². The van der Waals surface area contributed by atoms with Gasteiger partial charge in [0.2, 0.25) is 12.6 Å². The molecule has 1 aliphatic heterocycles. The average molecular weight is 241 g/mol. The van der Waals surface area contributed by atoms with E-state index in [1.807, 2.05) is 0 Å². The van der Waals surface area contributed by atoms with Crippen LogP contribution in [-0.4, -0.2) is 17.9 Å². The number of rotatable bonds is 1. The minimum Gasteiger partial charge on any atom is -0.475 e. The summed E-state index contributed by atoms with van der Waals surface area (Å²) in [6, 6.07) is 2.92. The summed E-state index contributed by atoms with van der Waals surface area (Å²) < 4.78 is 15.5. The Bertz CT molecular complexity index is 601. The van der Waals surface area contributed by atoms with Gasteiger partial charge in [0.25, 0.3) is 0 Å². The number of carbonyl (C=O) groups is 1. The summed E-state index contributed by atoms with van der Waals surface area (Å²) in [5.41, 5.74) is 0.295. The van der Waals surface area contributed by atoms with E-state index in [1.54, 1.807) is 6.07 Å². The lowest BCUT2D eigenvalue weighted by Gasteiger charge is -1.97. The van der Waals surface area contributed by atoms with Crippen molar-refractivity contribution in [3.63, 3.8) is 0 Å². The number of aromatic carboxylic acids is 1. The topological polar surface area (TPSA) is 68.9 Å². The fourth-order valence-electron chi connectivity index (χ4n) is 1.63. The Morgan fingerprint density at radius 3 is 2.94 bits per heavy atom. The van der Waals surface area contributed by atoms with E-state index in [1.165, 1.54) is 6.07 Å². The molecule has 0 radical (unpaired) electrons. The fraction of sp³-hybridized carbons (Fsp3) is 0.100. The molecule has 2 aromatic rings. The molecule has 1 aliphatic rings. The standard InChI is InChI=1S/C10H5ClO5/c11-5-2-6-9(15-3-14-6)4-1-7(10(12)13)16-8(4)5/h1-2H,3H2,(H,12,13). The number of carboxylic acid groups (broad SMARTS) is 1. The van der Waals surface area contributed by atoms with Crippen molar-refractivity contribution in [2.24, 2.45) is 0 Å². The molecular formula is C10H5ClO5. The van der Waals surface area contributed by atoms with E-state index in [4.69, 9.17) is 30.6 Å². The van der Waals surface area contributed by atoms with Crippen LogP contribution in [0.2, 0.25) is 5.02 Å². The number of hydrogen-bond acceptors (Lipinski definition) is 4. The van der Waals surface area contributed by atoms with Crippen LogP contribution in [0.5, 0.6) is 11.5 Å². The Balaban J connectivity index is 2.37. The van der Waals surface area contributed by atoms with Crippen molar-refractivity contribution in [1.29, 1.82) is 0 Å². The summed E-state index contributed by atoms with van der Waals surface area (Å²) in [5.74, 6) is -0.369. The lowest BCUT2D eigenvalue weighted by Crippen LogP contribution is -1.93. The van der Waals surface area contributed by atoms with Crippen molar-refractivity contribution in [2.75, 3.05) is 6.79 Å². The zero-order valence-electron chi connectivity index (χ0n) is 7.82. The van der Waals surface area contributed by atoms with E-state index in [0.29, 0.717) is 27.5 Å². The van der Waals surface area contributed by atoms with Crippen LogP contribution in [0, 0.1) is 0 Å². The molecule has 0 unspecified atom stereocenters. The summed E-state index contributed by atoms with van der Waals surface area (Å²) in [6.07, 6.45) is 0. The zero-order valence-corrected chi connectivity index (χ0v) is 8.58. The number of fused-ring (bicyclic) bond motifs is 3. The molecule has 2 heterocycles. The van der Waals surface area contributed by atoms with Crippen LogP contribution in [0.25, 0.3) is 11.0 Å². The number of hydrogen-bond donors (Lipinski definition) is 1. The molecule has 6 heteroatoms. The predicted octanol–water partition coefficient (Wildman–Crippen LogP) is 2.51. The number of furan rings is 1. The highest BCUT2D eigenvalue weighted by atomic mass is 35.5. The molecule has 0 bridgehead atoms. The first-order valence-electron chi connectivity index (χ1n) is 4.42. The predicted molar refractivity (Wildman–Crippen MR) is 54.3 cm³/mol. The lowest BCUT2D eigenvalue weighted by atomic mass is 10.2. The van der Waals surface area contributed by atoms with Gasteiger partial charge in [-0.1, -0.05) is 11.6 Å². The molecule has 1 aromatic carbocycles. The molecule has 0 spiro atoms. The average Bonchev–Trinajstić information content (AvgIpc) is 2.80. The van der Waals surface area contributed by atoms with Crippen LogP contribution in [0.4, 0.5) is 0 Å². The van der Waals surface area contributed by atoms with E-state index < -0.39 is 5.97 Å². The first-order valence-corrected chi connectivity index (χ1v) is 4.79. The molecule has 1 aromatic heterocycles. The van der Waals surface area contributed by atoms with Crippen molar-refractivity contribution in [1.82, 2.24) is 0 Å². The molecule has 16 heavy (non-hydrogen) atoms. The van der Waals surface area contributed by atoms with E-state index >= 15 is 0 Å². The smallest absolute Gasteiger partial charge is 0.371 e. The summed E-state index contributed by atoms with van der Waals surface area (Å²) in [6.45, 7) is 0.0956. The highest BCUT2D eigenvalue weighted by molar-refractivity contribution is 6.35. The molecule has 0 atom stereocenters. The minimum absolute atomic E-state index is 0.0956. The zero-order chi connectivity index (χ0) is 11.3. The van der Waals surface area contributed by atoms with Gasteiger partial charge in [0.05, 0.1) is 10.4 Å². The third-order valence-electron chi connectivity index (χ3n) is 2.30. The molecule has 82 valence electrons. The lowest BCUT2D eigenvalue weighted by molar-refractivity contribution is 0.0665. The summed E-state index contributed by atoms with van der Waals surface area (Å²) >= 11 is 5.94. The number of carboxylic acids is 1. The SMILES string of the molecule is O=C(O)c1cc2c3c(cc(Cl)c2o1)OCO3. The van der Waals surface area contributed by atoms with Crippen molar-refractivity contribution in [3.8, 4) is 11.5 Å². The second-order valence-corrected chi connectivity index (χ2v) is 3.66. The van der Waals surface area contributed by atoms with Crippen molar-refractivity contribution in [2.45, 2.75) is 0 Å². The number of benzene rings is 1.